The Morgan fingerprint density at radius 2 is 2.25 bits per heavy atom. The fraction of sp³-hybridized carbons (Fsp3) is 0.500. The molecule has 6 heteroatoms. The molecule has 2 heterocycles. The van der Waals surface area contributed by atoms with E-state index in [0.29, 0.717) is 19.4 Å². The van der Waals surface area contributed by atoms with Gasteiger partial charge in [-0.1, -0.05) is 20.3 Å². The number of rotatable bonds is 7. The molecule has 1 saturated heterocycles. The lowest BCUT2D eigenvalue weighted by atomic mass is 9.99. The zero-order chi connectivity index (χ0) is 20.1. The normalized spacial score (nSPS) is 17.5. The molecule has 1 aliphatic heterocycles. The summed E-state index contributed by atoms with van der Waals surface area (Å²) in [6.45, 7) is 12.0. The molecule has 148 valence electrons. The van der Waals surface area contributed by atoms with Crippen LogP contribution in [0.3, 0.4) is 0 Å². The van der Waals surface area contributed by atoms with E-state index in [0.717, 1.165) is 47.8 Å². The van der Waals surface area contributed by atoms with Crippen LogP contribution in [0, 0.1) is 12.5 Å². The Kier molecular flexibility index (Phi) is 6.35. The molecule has 2 amide bonds. The highest BCUT2D eigenvalue weighted by Crippen LogP contribution is 2.27. The van der Waals surface area contributed by atoms with E-state index < -0.39 is 0 Å². The van der Waals surface area contributed by atoms with Crippen LogP contribution in [0.4, 0.5) is 5.69 Å². The Bertz CT molecular complexity index is 896. The second-order valence-electron chi connectivity index (χ2n) is 7.61. The van der Waals surface area contributed by atoms with E-state index in [1.807, 2.05) is 31.3 Å². The topological polar surface area (TPSA) is 69.6 Å². The van der Waals surface area contributed by atoms with Crippen LogP contribution in [0.25, 0.3) is 15.7 Å². The molecule has 0 saturated carbocycles. The number of aromatic nitrogens is 1. The van der Waals surface area contributed by atoms with Crippen LogP contribution in [-0.4, -0.2) is 34.4 Å². The summed E-state index contributed by atoms with van der Waals surface area (Å²) < 4.78 is 0. The molecule has 28 heavy (non-hydrogen) atoms. The van der Waals surface area contributed by atoms with Crippen molar-refractivity contribution in [2.45, 2.75) is 58.5 Å². The van der Waals surface area contributed by atoms with Crippen molar-refractivity contribution in [2.75, 3.05) is 11.9 Å². The van der Waals surface area contributed by atoms with Crippen molar-refractivity contribution >= 4 is 28.4 Å². The first-order chi connectivity index (χ1) is 13.5. The van der Waals surface area contributed by atoms with E-state index in [-0.39, 0.29) is 23.9 Å². The summed E-state index contributed by atoms with van der Waals surface area (Å²) in [5, 5.41) is 3.98. The van der Waals surface area contributed by atoms with E-state index in [1.165, 1.54) is 0 Å². The third-order valence-electron chi connectivity index (χ3n) is 5.41. The van der Waals surface area contributed by atoms with E-state index in [1.54, 1.807) is 4.90 Å². The minimum Gasteiger partial charge on any atom is -0.361 e. The highest BCUT2D eigenvalue weighted by molar-refractivity contribution is 5.94. The lowest BCUT2D eigenvalue weighted by Gasteiger charge is -2.20. The number of likely N-dealkylation sites (tertiary alicyclic amines) is 1. The second kappa shape index (κ2) is 8.92. The van der Waals surface area contributed by atoms with Crippen molar-refractivity contribution < 1.29 is 9.59 Å². The summed E-state index contributed by atoms with van der Waals surface area (Å²) in [4.78, 5) is 33.4. The Balaban J connectivity index is 1.72. The van der Waals surface area contributed by atoms with Crippen molar-refractivity contribution in [1.82, 2.24) is 9.88 Å². The van der Waals surface area contributed by atoms with E-state index in [2.05, 4.69) is 22.1 Å². The minimum absolute atomic E-state index is 0.0288. The van der Waals surface area contributed by atoms with Gasteiger partial charge in [0.05, 0.1) is 0 Å². The molecule has 3 rings (SSSR count). The van der Waals surface area contributed by atoms with Gasteiger partial charge in [-0.3, -0.25) is 19.3 Å². The molecule has 1 aromatic heterocycles. The number of benzene rings is 1. The summed E-state index contributed by atoms with van der Waals surface area (Å²) in [7, 11) is 0. The lowest BCUT2D eigenvalue weighted by molar-refractivity contribution is -0.135. The zero-order valence-corrected chi connectivity index (χ0v) is 16.6. The number of carbonyl (C=O) groups excluding carboxylic acids is 2. The maximum Gasteiger partial charge on any atom is 0.300 e. The van der Waals surface area contributed by atoms with E-state index >= 15 is 0 Å². The predicted molar refractivity (Wildman–Crippen MR) is 111 cm³/mol. The number of hydrogen-bond acceptors (Lipinski definition) is 2. The van der Waals surface area contributed by atoms with Gasteiger partial charge >= 0.3 is 6.17 Å². The second-order valence-corrected chi connectivity index (χ2v) is 7.61. The first-order valence-corrected chi connectivity index (χ1v) is 10.1. The van der Waals surface area contributed by atoms with E-state index in [4.69, 9.17) is 6.57 Å². The van der Waals surface area contributed by atoms with Crippen molar-refractivity contribution in [3.8, 4) is 0 Å². The number of aromatic amines is 1. The van der Waals surface area contributed by atoms with Crippen molar-refractivity contribution in [2.24, 2.45) is 5.92 Å². The SMILES string of the molecule is [C-]#[N+][C@@H]1CCCN1C(=O)[C@@H](C)Cc1c[nH]c2ccc(NC(=O)CCCC)cc12. The Labute approximate surface area is 166 Å². The molecule has 1 aliphatic rings. The third-order valence-corrected chi connectivity index (χ3v) is 5.41. The molecule has 2 N–H and O–H groups in total. The third kappa shape index (κ3) is 4.36. The van der Waals surface area contributed by atoms with Gasteiger partial charge in [-0.2, -0.15) is 0 Å². The Morgan fingerprint density at radius 3 is 3.00 bits per heavy atom. The number of fused-ring (bicyclic) bond motifs is 1. The first-order valence-electron chi connectivity index (χ1n) is 10.1. The number of H-pyrrole nitrogens is 1. The largest absolute Gasteiger partial charge is 0.361 e. The zero-order valence-electron chi connectivity index (χ0n) is 16.6. The molecule has 2 aromatic rings. The van der Waals surface area contributed by atoms with Gasteiger partial charge in [0, 0.05) is 48.1 Å². The number of unbranched alkanes of at least 4 members (excludes halogenated alkanes) is 1. The number of anilines is 1. The van der Waals surface area contributed by atoms with Gasteiger partial charge in [-0.05, 0) is 43.0 Å². The molecule has 0 aliphatic carbocycles. The van der Waals surface area contributed by atoms with Crippen molar-refractivity contribution in [3.63, 3.8) is 0 Å². The smallest absolute Gasteiger partial charge is 0.300 e. The van der Waals surface area contributed by atoms with Crippen LogP contribution in [0.15, 0.2) is 24.4 Å². The highest BCUT2D eigenvalue weighted by Gasteiger charge is 2.35. The maximum absolute atomic E-state index is 12.8. The summed E-state index contributed by atoms with van der Waals surface area (Å²) in [6.07, 6.45) is 6.31. The average Bonchev–Trinajstić information content (AvgIpc) is 3.32. The van der Waals surface area contributed by atoms with Gasteiger partial charge < -0.3 is 10.3 Å². The minimum atomic E-state index is -0.303. The van der Waals surface area contributed by atoms with Gasteiger partial charge in [-0.15, -0.1) is 0 Å². The number of carbonyl (C=O) groups is 2. The quantitative estimate of drug-likeness (QED) is 0.702. The maximum atomic E-state index is 12.8. The van der Waals surface area contributed by atoms with Crippen LogP contribution >= 0.6 is 0 Å². The number of nitrogens with zero attached hydrogens (tertiary/aromatic N) is 2. The van der Waals surface area contributed by atoms with Crippen LogP contribution < -0.4 is 5.32 Å². The summed E-state index contributed by atoms with van der Waals surface area (Å²) in [6, 6.07) is 5.82. The molecule has 1 fully saturated rings. The fourth-order valence-corrected chi connectivity index (χ4v) is 3.83. The molecular weight excluding hydrogens is 352 g/mol. The summed E-state index contributed by atoms with van der Waals surface area (Å²) in [5.41, 5.74) is 2.82. The van der Waals surface area contributed by atoms with Crippen LogP contribution in [0.2, 0.25) is 0 Å². The van der Waals surface area contributed by atoms with E-state index in [9.17, 15) is 9.59 Å². The van der Waals surface area contributed by atoms with Gasteiger partial charge in [-0.25, -0.2) is 6.57 Å². The van der Waals surface area contributed by atoms with Crippen molar-refractivity contribution in [1.29, 1.82) is 0 Å². The molecule has 0 spiro atoms. The lowest BCUT2D eigenvalue weighted by Crippen LogP contribution is -2.38. The van der Waals surface area contributed by atoms with Gasteiger partial charge in [0.1, 0.15) is 0 Å². The molecular formula is C22H28N4O2. The van der Waals surface area contributed by atoms with Crippen LogP contribution in [0.5, 0.6) is 0 Å². The molecule has 1 aromatic carbocycles. The highest BCUT2D eigenvalue weighted by atomic mass is 16.2. The summed E-state index contributed by atoms with van der Waals surface area (Å²) >= 11 is 0. The molecule has 2 atom stereocenters. The Morgan fingerprint density at radius 1 is 1.43 bits per heavy atom. The predicted octanol–water partition coefficient (Wildman–Crippen LogP) is 4.34. The molecule has 0 unspecified atom stereocenters. The van der Waals surface area contributed by atoms with Crippen LogP contribution in [0.1, 0.15) is 51.5 Å². The van der Waals surface area contributed by atoms with Gasteiger partial charge in [0.25, 0.3) is 0 Å². The molecule has 0 bridgehead atoms. The first kappa shape index (κ1) is 19.9. The number of hydrogen-bond donors (Lipinski definition) is 2. The monoisotopic (exact) mass is 380 g/mol. The van der Waals surface area contributed by atoms with Gasteiger partial charge in [0.15, 0.2) is 0 Å². The van der Waals surface area contributed by atoms with Gasteiger partial charge in [0.2, 0.25) is 11.8 Å². The van der Waals surface area contributed by atoms with Crippen LogP contribution in [-0.2, 0) is 16.0 Å². The molecule has 0 radical (unpaired) electrons. The number of nitrogens with one attached hydrogen (secondary N) is 2. The number of amides is 2. The van der Waals surface area contributed by atoms with Crippen molar-refractivity contribution in [3.05, 3.63) is 41.4 Å². The fourth-order valence-electron chi connectivity index (χ4n) is 3.83. The summed E-state index contributed by atoms with van der Waals surface area (Å²) in [5.74, 6) is -0.109. The average molecular weight is 380 g/mol. The molecule has 6 nitrogen and oxygen atoms in total. The Hall–Kier alpha value is -2.81. The standard InChI is InChI=1S/C22H28N4O2/c1-4-5-8-21(27)25-17-9-10-19-18(13-17)16(14-24-19)12-15(2)22(28)26-11-6-7-20(26)23-3/h9-10,13-15,20,24H,4-8,11-12H2,1-2H3,(H,25,27)/t15-,20-/m0/s1.